The fourth-order valence-electron chi connectivity index (χ4n) is 7.41. The van der Waals surface area contributed by atoms with Crippen molar-refractivity contribution in [1.29, 1.82) is 5.41 Å². The monoisotopic (exact) mass is 484 g/mol. The molecular formula is C27H28N6OS. The largest absolute Gasteiger partial charge is 0.283 e. The van der Waals surface area contributed by atoms with Crippen molar-refractivity contribution < 1.29 is 4.79 Å². The van der Waals surface area contributed by atoms with Gasteiger partial charge in [-0.3, -0.25) is 10.2 Å². The lowest BCUT2D eigenvalue weighted by Crippen LogP contribution is -2.49. The maximum Gasteiger partial charge on any atom is 0.283 e. The molecule has 35 heavy (non-hydrogen) atoms. The molecular weight excluding hydrogens is 456 g/mol. The van der Waals surface area contributed by atoms with Gasteiger partial charge in [0.05, 0.1) is 17.0 Å². The first kappa shape index (κ1) is 21.3. The van der Waals surface area contributed by atoms with Crippen molar-refractivity contribution >= 4 is 39.8 Å². The van der Waals surface area contributed by atoms with Crippen LogP contribution in [-0.2, 0) is 4.79 Å². The number of aromatic nitrogens is 2. The normalized spacial score (nSPS) is 32.3. The molecule has 3 heterocycles. The number of carbonyl (C=O) groups excluding carboxylic acids is 1. The number of hydrogen-bond donors (Lipinski definition) is 1. The van der Waals surface area contributed by atoms with Crippen LogP contribution < -0.4 is 0 Å². The molecule has 0 spiro atoms. The lowest BCUT2D eigenvalue weighted by Gasteiger charge is -2.56. The Kier molecular flexibility index (Phi) is 4.56. The maximum absolute atomic E-state index is 13.1. The van der Waals surface area contributed by atoms with Crippen molar-refractivity contribution in [2.45, 2.75) is 52.4 Å². The number of aliphatic imine (C=N–C) groups is 1. The molecule has 8 rings (SSSR count). The molecule has 178 valence electrons. The minimum Gasteiger partial charge on any atom is -0.282 e. The summed E-state index contributed by atoms with van der Waals surface area (Å²) in [5.41, 5.74) is 3.93. The molecule has 2 aromatic rings. The molecule has 1 N–H and O–H groups in total. The number of amidine groups is 2. The van der Waals surface area contributed by atoms with Crippen molar-refractivity contribution in [3.63, 3.8) is 0 Å². The van der Waals surface area contributed by atoms with Gasteiger partial charge < -0.3 is 0 Å². The van der Waals surface area contributed by atoms with Crippen LogP contribution in [0.4, 0.5) is 0 Å². The number of nitrogens with zero attached hydrogens (tertiary/aromatic N) is 5. The summed E-state index contributed by atoms with van der Waals surface area (Å²) in [7, 11) is 0. The highest BCUT2D eigenvalue weighted by molar-refractivity contribution is 8.27. The minimum atomic E-state index is -0.373. The predicted molar refractivity (Wildman–Crippen MR) is 139 cm³/mol. The van der Waals surface area contributed by atoms with E-state index in [4.69, 9.17) is 10.5 Å². The summed E-state index contributed by atoms with van der Waals surface area (Å²) in [6.07, 6.45) is 9.49. The Balaban J connectivity index is 1.23. The number of fused-ring (bicyclic) bond motifs is 1. The van der Waals surface area contributed by atoms with Crippen LogP contribution in [-0.4, -0.2) is 36.7 Å². The predicted octanol–water partition coefficient (Wildman–Crippen LogP) is 5.32. The Morgan fingerprint density at radius 3 is 2.37 bits per heavy atom. The lowest BCUT2D eigenvalue weighted by atomic mass is 9.50. The molecule has 6 aliphatic rings. The quantitative estimate of drug-likeness (QED) is 0.597. The van der Waals surface area contributed by atoms with Crippen molar-refractivity contribution in [3.8, 4) is 5.69 Å². The van der Waals surface area contributed by atoms with Gasteiger partial charge in [-0.15, -0.1) is 0 Å². The molecule has 8 heteroatoms. The summed E-state index contributed by atoms with van der Waals surface area (Å²) in [4.78, 5) is 17.5. The van der Waals surface area contributed by atoms with Crippen LogP contribution in [0.25, 0.3) is 11.8 Å². The van der Waals surface area contributed by atoms with Crippen molar-refractivity contribution in [2.24, 2.45) is 33.3 Å². The van der Waals surface area contributed by atoms with E-state index in [0.29, 0.717) is 5.17 Å². The zero-order valence-electron chi connectivity index (χ0n) is 20.0. The Morgan fingerprint density at radius 2 is 1.71 bits per heavy atom. The number of hydrogen-bond acceptors (Lipinski definition) is 5. The highest BCUT2D eigenvalue weighted by atomic mass is 32.2. The van der Waals surface area contributed by atoms with Crippen LogP contribution >= 0.6 is 11.8 Å². The van der Waals surface area contributed by atoms with E-state index < -0.39 is 0 Å². The second-order valence-electron chi connectivity index (χ2n) is 11.0. The molecule has 4 bridgehead atoms. The van der Waals surface area contributed by atoms with Gasteiger partial charge in [0, 0.05) is 16.7 Å². The Hall–Kier alpha value is -3.00. The molecule has 1 aromatic heterocycles. The molecule has 0 radical (unpaired) electrons. The molecule has 4 aliphatic carbocycles. The first-order valence-corrected chi connectivity index (χ1v) is 13.3. The number of carbonyl (C=O) groups is 1. The van der Waals surface area contributed by atoms with Crippen LogP contribution in [0.15, 0.2) is 46.0 Å². The SMILES string of the molecule is Cc1nn(-c2ccccc2)c(C)c1/C=C1/C(=N)N2N=C(C34CC5CC(CC(C5)C3)C4)SC2=NC1=O. The van der Waals surface area contributed by atoms with Gasteiger partial charge in [0.2, 0.25) is 5.17 Å². The summed E-state index contributed by atoms with van der Waals surface area (Å²) >= 11 is 1.53. The topological polar surface area (TPSA) is 86.7 Å². The first-order valence-electron chi connectivity index (χ1n) is 12.5. The molecule has 0 saturated heterocycles. The van der Waals surface area contributed by atoms with E-state index in [1.165, 1.54) is 50.3 Å². The van der Waals surface area contributed by atoms with E-state index in [1.807, 2.05) is 48.9 Å². The summed E-state index contributed by atoms with van der Waals surface area (Å²) in [6.45, 7) is 3.92. The van der Waals surface area contributed by atoms with Gasteiger partial charge in [-0.05, 0) is 100 Å². The Morgan fingerprint density at radius 1 is 1.06 bits per heavy atom. The molecule has 1 aromatic carbocycles. The van der Waals surface area contributed by atoms with Gasteiger partial charge in [0.15, 0.2) is 5.84 Å². The zero-order valence-corrected chi connectivity index (χ0v) is 20.8. The number of benzene rings is 1. The van der Waals surface area contributed by atoms with E-state index >= 15 is 0 Å². The van der Waals surface area contributed by atoms with Crippen LogP contribution in [0.5, 0.6) is 0 Å². The summed E-state index contributed by atoms with van der Waals surface area (Å²) in [5, 5.41) is 21.8. The maximum atomic E-state index is 13.1. The van der Waals surface area contributed by atoms with Gasteiger partial charge in [-0.25, -0.2) is 4.68 Å². The molecule has 4 fully saturated rings. The summed E-state index contributed by atoms with van der Waals surface area (Å²) < 4.78 is 1.88. The van der Waals surface area contributed by atoms with Crippen molar-refractivity contribution in [1.82, 2.24) is 14.8 Å². The first-order chi connectivity index (χ1) is 16.9. The van der Waals surface area contributed by atoms with Crippen LogP contribution in [0.2, 0.25) is 0 Å². The van der Waals surface area contributed by atoms with Crippen LogP contribution in [0.3, 0.4) is 0 Å². The number of nitrogens with one attached hydrogen (secondary N) is 1. The lowest BCUT2D eigenvalue weighted by molar-refractivity contribution is -0.114. The molecule has 2 aliphatic heterocycles. The highest BCUT2D eigenvalue weighted by Crippen LogP contribution is 2.62. The number of aryl methyl sites for hydroxylation is 1. The molecule has 0 atom stereocenters. The van der Waals surface area contributed by atoms with E-state index in [1.54, 1.807) is 11.1 Å². The third-order valence-corrected chi connectivity index (χ3v) is 9.74. The van der Waals surface area contributed by atoms with Crippen LogP contribution in [0, 0.1) is 42.4 Å². The van der Waals surface area contributed by atoms with E-state index in [2.05, 4.69) is 10.1 Å². The van der Waals surface area contributed by atoms with E-state index in [-0.39, 0.29) is 22.7 Å². The number of para-hydroxylation sites is 1. The third kappa shape index (κ3) is 3.22. The Bertz CT molecular complexity index is 1330. The van der Waals surface area contributed by atoms with Gasteiger partial charge >= 0.3 is 0 Å². The van der Waals surface area contributed by atoms with Crippen LogP contribution in [0.1, 0.15) is 55.5 Å². The van der Waals surface area contributed by atoms with Gasteiger partial charge in [-0.2, -0.15) is 20.2 Å². The zero-order chi connectivity index (χ0) is 23.9. The average molecular weight is 485 g/mol. The van der Waals surface area contributed by atoms with Gasteiger partial charge in [0.1, 0.15) is 5.04 Å². The Labute approximate surface area is 208 Å². The molecule has 0 unspecified atom stereocenters. The second kappa shape index (κ2) is 7.50. The smallest absolute Gasteiger partial charge is 0.282 e. The summed E-state index contributed by atoms with van der Waals surface area (Å²) in [6, 6.07) is 9.93. The number of rotatable bonds is 3. The fourth-order valence-corrected chi connectivity index (χ4v) is 8.52. The van der Waals surface area contributed by atoms with E-state index in [0.717, 1.165) is 45.4 Å². The van der Waals surface area contributed by atoms with E-state index in [9.17, 15) is 4.79 Å². The van der Waals surface area contributed by atoms with Crippen molar-refractivity contribution in [2.75, 3.05) is 0 Å². The average Bonchev–Trinajstić information content (AvgIpc) is 3.38. The number of amides is 1. The minimum absolute atomic E-state index is 0.110. The molecule has 1 amide bonds. The number of hydrazone groups is 1. The van der Waals surface area contributed by atoms with Gasteiger partial charge in [0.25, 0.3) is 5.91 Å². The summed E-state index contributed by atoms with van der Waals surface area (Å²) in [5.74, 6) is 2.17. The standard InChI is InChI=1S/C27H28N6OS/c1-15-21(16(2)32(30-15)20-6-4-3-5-7-20)11-22-23(28)33-26(29-24(22)34)35-25(31-33)27-12-17-8-18(13-27)10-19(9-17)14-27/h3-7,11,17-19,28H,8-10,12-14H2,1-2H3/b22-11-,28-23?. The van der Waals surface area contributed by atoms with Gasteiger partial charge in [-0.1, -0.05) is 18.2 Å². The van der Waals surface area contributed by atoms with Crippen molar-refractivity contribution in [3.05, 3.63) is 52.9 Å². The molecule has 7 nitrogen and oxygen atoms in total. The second-order valence-corrected chi connectivity index (χ2v) is 11.9. The highest BCUT2D eigenvalue weighted by Gasteiger charge is 2.55. The fraction of sp³-hybridized carbons (Fsp3) is 0.444. The molecule has 4 saturated carbocycles. The third-order valence-electron chi connectivity index (χ3n) is 8.58. The number of thioether (sulfide) groups is 1.